The molecule has 1 unspecified atom stereocenters. The molecule has 0 saturated heterocycles. The topological polar surface area (TPSA) is 12.9 Å². The fourth-order valence-electron chi connectivity index (χ4n) is 0.837. The van der Waals surface area contributed by atoms with Gasteiger partial charge in [0.25, 0.3) is 0 Å². The first kappa shape index (κ1) is 9.93. The van der Waals surface area contributed by atoms with E-state index in [0.717, 1.165) is 11.4 Å². The van der Waals surface area contributed by atoms with Crippen molar-refractivity contribution in [3.8, 4) is 0 Å². The third-order valence-corrected chi connectivity index (χ3v) is 3.33. The molecule has 1 atom stereocenters. The van der Waals surface area contributed by atoms with E-state index >= 15 is 0 Å². The summed E-state index contributed by atoms with van der Waals surface area (Å²) in [4.78, 5) is 4.23. The Morgan fingerprint density at radius 1 is 1.58 bits per heavy atom. The van der Waals surface area contributed by atoms with Crippen LogP contribution in [0.4, 0.5) is 0 Å². The summed E-state index contributed by atoms with van der Waals surface area (Å²) in [5, 5.41) is 0. The number of hydrogen-bond donors (Lipinski definition) is 1. The van der Waals surface area contributed by atoms with Crippen LogP contribution in [0.1, 0.15) is 23.6 Å². The summed E-state index contributed by atoms with van der Waals surface area (Å²) < 4.78 is 0.228. The lowest BCUT2D eigenvalue weighted by molar-refractivity contribution is 1.09. The number of nitrogens with zero attached hydrogens (tertiary/aromatic N) is 1. The van der Waals surface area contributed by atoms with Gasteiger partial charge in [0.2, 0.25) is 0 Å². The molecule has 0 radical (unpaired) electrons. The SMILES string of the molecule is CCCSC(S)c1ccccn1. The summed E-state index contributed by atoms with van der Waals surface area (Å²) in [6.45, 7) is 2.17. The maximum atomic E-state index is 4.45. The Balaban J connectivity index is 2.48. The molecule has 0 aromatic carbocycles. The molecule has 0 aliphatic rings. The molecular weight excluding hydrogens is 186 g/mol. The lowest BCUT2D eigenvalue weighted by Gasteiger charge is -2.07. The van der Waals surface area contributed by atoms with Gasteiger partial charge in [-0.15, -0.1) is 11.8 Å². The van der Waals surface area contributed by atoms with Gasteiger partial charge in [0.15, 0.2) is 0 Å². The molecule has 0 amide bonds. The van der Waals surface area contributed by atoms with Gasteiger partial charge in [-0.1, -0.05) is 13.0 Å². The maximum absolute atomic E-state index is 4.45. The van der Waals surface area contributed by atoms with Crippen molar-refractivity contribution in [1.29, 1.82) is 0 Å². The fraction of sp³-hybridized carbons (Fsp3) is 0.444. The minimum atomic E-state index is 0.228. The van der Waals surface area contributed by atoms with Crippen molar-refractivity contribution in [2.75, 3.05) is 5.75 Å². The van der Waals surface area contributed by atoms with Gasteiger partial charge < -0.3 is 0 Å². The smallest absolute Gasteiger partial charge is 0.0893 e. The number of hydrogen-bond acceptors (Lipinski definition) is 3. The Morgan fingerprint density at radius 2 is 2.42 bits per heavy atom. The van der Waals surface area contributed by atoms with Gasteiger partial charge in [-0.3, -0.25) is 4.98 Å². The van der Waals surface area contributed by atoms with Gasteiger partial charge in [-0.25, -0.2) is 0 Å². The number of pyridine rings is 1. The molecule has 0 bridgehead atoms. The zero-order valence-electron chi connectivity index (χ0n) is 7.10. The summed E-state index contributed by atoms with van der Waals surface area (Å²) in [6.07, 6.45) is 3.00. The molecule has 0 saturated carbocycles. The van der Waals surface area contributed by atoms with Crippen LogP contribution >= 0.6 is 24.4 Å². The van der Waals surface area contributed by atoms with Crippen LogP contribution in [-0.4, -0.2) is 10.7 Å². The third kappa shape index (κ3) is 3.07. The molecule has 12 heavy (non-hydrogen) atoms. The Hall–Kier alpha value is -0.150. The number of thiol groups is 1. The molecule has 0 aliphatic carbocycles. The predicted molar refractivity (Wildman–Crippen MR) is 58.7 cm³/mol. The van der Waals surface area contributed by atoms with E-state index in [1.165, 1.54) is 6.42 Å². The highest BCUT2D eigenvalue weighted by molar-refractivity contribution is 8.09. The molecular formula is C9H13NS2. The monoisotopic (exact) mass is 199 g/mol. The van der Waals surface area contributed by atoms with Crippen molar-refractivity contribution in [2.24, 2.45) is 0 Å². The van der Waals surface area contributed by atoms with Gasteiger partial charge >= 0.3 is 0 Å². The predicted octanol–water partition coefficient (Wildman–Crippen LogP) is 3.15. The molecule has 0 fully saturated rings. The molecule has 66 valence electrons. The van der Waals surface area contributed by atoms with E-state index in [-0.39, 0.29) is 4.58 Å². The normalized spacial score (nSPS) is 12.8. The van der Waals surface area contributed by atoms with Gasteiger partial charge in [-0.2, -0.15) is 12.6 Å². The van der Waals surface area contributed by atoms with E-state index in [2.05, 4.69) is 24.5 Å². The largest absolute Gasteiger partial charge is 0.259 e. The van der Waals surface area contributed by atoms with Crippen molar-refractivity contribution in [3.63, 3.8) is 0 Å². The molecule has 1 aromatic rings. The standard InChI is InChI=1S/C9H13NS2/c1-2-7-12-9(11)8-5-3-4-6-10-8/h3-6,9,11H,2,7H2,1H3. The second kappa shape index (κ2) is 5.49. The van der Waals surface area contributed by atoms with Crippen LogP contribution in [0.2, 0.25) is 0 Å². The fourth-order valence-corrected chi connectivity index (χ4v) is 2.08. The minimum Gasteiger partial charge on any atom is -0.259 e. The Labute approximate surface area is 83.4 Å². The highest BCUT2D eigenvalue weighted by Crippen LogP contribution is 2.30. The quantitative estimate of drug-likeness (QED) is 0.591. The minimum absolute atomic E-state index is 0.228. The van der Waals surface area contributed by atoms with E-state index in [9.17, 15) is 0 Å². The zero-order chi connectivity index (χ0) is 8.81. The molecule has 0 aliphatic heterocycles. The van der Waals surface area contributed by atoms with E-state index in [1.807, 2.05) is 36.2 Å². The van der Waals surface area contributed by atoms with Gasteiger partial charge in [0.05, 0.1) is 10.3 Å². The lowest BCUT2D eigenvalue weighted by Crippen LogP contribution is -1.90. The summed E-state index contributed by atoms with van der Waals surface area (Å²) in [5.74, 6) is 1.14. The van der Waals surface area contributed by atoms with Crippen molar-refractivity contribution in [2.45, 2.75) is 17.9 Å². The van der Waals surface area contributed by atoms with Crippen LogP contribution in [0.3, 0.4) is 0 Å². The molecule has 1 heterocycles. The Bertz CT molecular complexity index is 213. The third-order valence-electron chi connectivity index (χ3n) is 1.42. The average molecular weight is 199 g/mol. The first-order valence-corrected chi connectivity index (χ1v) is 5.61. The van der Waals surface area contributed by atoms with Crippen LogP contribution in [0.5, 0.6) is 0 Å². The summed E-state index contributed by atoms with van der Waals surface area (Å²) >= 11 is 6.29. The molecule has 1 rings (SSSR count). The number of thioether (sulfide) groups is 1. The highest BCUT2D eigenvalue weighted by Gasteiger charge is 2.05. The Kier molecular flexibility index (Phi) is 4.54. The summed E-state index contributed by atoms with van der Waals surface area (Å²) in [7, 11) is 0. The second-order valence-electron chi connectivity index (χ2n) is 2.48. The summed E-state index contributed by atoms with van der Waals surface area (Å²) in [6, 6.07) is 5.94. The average Bonchev–Trinajstić information content (AvgIpc) is 2.15. The van der Waals surface area contributed by atoms with Crippen molar-refractivity contribution in [3.05, 3.63) is 30.1 Å². The first-order chi connectivity index (χ1) is 5.84. The van der Waals surface area contributed by atoms with Crippen LogP contribution in [0, 0.1) is 0 Å². The molecule has 0 N–H and O–H groups in total. The number of rotatable bonds is 4. The highest BCUT2D eigenvalue weighted by atomic mass is 32.2. The molecule has 1 nitrogen and oxygen atoms in total. The van der Waals surface area contributed by atoms with Crippen LogP contribution in [0.25, 0.3) is 0 Å². The van der Waals surface area contributed by atoms with E-state index < -0.39 is 0 Å². The Morgan fingerprint density at radius 3 is 3.00 bits per heavy atom. The van der Waals surface area contributed by atoms with Crippen LogP contribution < -0.4 is 0 Å². The van der Waals surface area contributed by atoms with Crippen LogP contribution in [-0.2, 0) is 0 Å². The van der Waals surface area contributed by atoms with Crippen molar-refractivity contribution >= 4 is 24.4 Å². The second-order valence-corrected chi connectivity index (χ2v) is 4.56. The van der Waals surface area contributed by atoms with Crippen LogP contribution in [0.15, 0.2) is 24.4 Å². The lowest BCUT2D eigenvalue weighted by atomic mass is 10.4. The van der Waals surface area contributed by atoms with E-state index in [4.69, 9.17) is 0 Å². The van der Waals surface area contributed by atoms with Crippen molar-refractivity contribution < 1.29 is 0 Å². The molecule has 3 heteroatoms. The van der Waals surface area contributed by atoms with Gasteiger partial charge in [-0.05, 0) is 24.3 Å². The molecule has 0 spiro atoms. The maximum Gasteiger partial charge on any atom is 0.0893 e. The molecule has 1 aromatic heterocycles. The first-order valence-electron chi connectivity index (χ1n) is 4.05. The van der Waals surface area contributed by atoms with E-state index in [1.54, 1.807) is 0 Å². The van der Waals surface area contributed by atoms with E-state index in [0.29, 0.717) is 0 Å². The summed E-state index contributed by atoms with van der Waals surface area (Å²) in [5.41, 5.74) is 1.05. The zero-order valence-corrected chi connectivity index (χ0v) is 8.81. The number of aromatic nitrogens is 1. The van der Waals surface area contributed by atoms with Gasteiger partial charge in [0, 0.05) is 6.20 Å². The van der Waals surface area contributed by atoms with Gasteiger partial charge in [0.1, 0.15) is 0 Å². The van der Waals surface area contributed by atoms with Crippen molar-refractivity contribution in [1.82, 2.24) is 4.98 Å².